The Morgan fingerprint density at radius 2 is 1.56 bits per heavy atom. The number of allylic oxidation sites excluding steroid dienone is 2. The minimum absolute atomic E-state index is 0.970. The van der Waals surface area contributed by atoms with Crippen molar-refractivity contribution < 1.29 is 0 Å². The van der Waals surface area contributed by atoms with Gasteiger partial charge in [0.15, 0.2) is 0 Å². The van der Waals surface area contributed by atoms with Crippen LogP contribution < -0.4 is 0 Å². The monoisotopic (exact) mass is 236 g/mol. The summed E-state index contributed by atoms with van der Waals surface area (Å²) in [5, 5.41) is 1.12. The third kappa shape index (κ3) is 2.08. The van der Waals surface area contributed by atoms with Crippen LogP contribution in [0.5, 0.6) is 0 Å². The Morgan fingerprint density at radius 3 is 2.06 bits per heavy atom. The van der Waals surface area contributed by atoms with Gasteiger partial charge < -0.3 is 0 Å². The summed E-state index contributed by atoms with van der Waals surface area (Å²) in [6.45, 7) is 1.06. The normalized spacial score (nSPS) is 39.4. The molecule has 0 radical (unpaired) electrons. The molecule has 16 heavy (non-hydrogen) atoms. The summed E-state index contributed by atoms with van der Waals surface area (Å²) in [5.41, 5.74) is 0. The number of hydrogen-bond acceptors (Lipinski definition) is 0. The predicted octanol–water partition coefficient (Wildman–Crippen LogP) is 5.27. The summed E-state index contributed by atoms with van der Waals surface area (Å²) >= 11 is 6.10. The van der Waals surface area contributed by atoms with Crippen LogP contribution in [0.2, 0.25) is 17.5 Å². The first kappa shape index (κ1) is 11.2. The van der Waals surface area contributed by atoms with Gasteiger partial charge in [-0.1, -0.05) is 80.1 Å². The largest absolute Gasteiger partial charge is 0.149 e. The molecule has 0 N–H and O–H groups in total. The highest BCUT2D eigenvalue weighted by atomic mass is 35.5. The van der Waals surface area contributed by atoms with Crippen molar-refractivity contribution >= 4 is 18.3 Å². The molecule has 1 aliphatic carbocycles. The molecule has 2 bridgehead atoms. The first-order valence-electron chi connectivity index (χ1n) is 7.19. The van der Waals surface area contributed by atoms with Gasteiger partial charge in [0.2, 0.25) is 0 Å². The molecule has 0 saturated carbocycles. The maximum Gasteiger partial charge on any atom is 0.149 e. The Morgan fingerprint density at radius 1 is 0.938 bits per heavy atom. The fraction of sp³-hybridized carbons (Fsp3) is 0.857. The van der Waals surface area contributed by atoms with E-state index in [-0.39, 0.29) is 0 Å². The van der Waals surface area contributed by atoms with Crippen molar-refractivity contribution in [3.05, 3.63) is 11.1 Å². The van der Waals surface area contributed by atoms with E-state index in [0.717, 1.165) is 35.6 Å². The van der Waals surface area contributed by atoms with E-state index in [2.05, 4.69) is 6.08 Å². The highest BCUT2D eigenvalue weighted by Crippen LogP contribution is 2.53. The van der Waals surface area contributed by atoms with Gasteiger partial charge in [-0.3, -0.25) is 0 Å². The molecule has 0 aromatic heterocycles. The van der Waals surface area contributed by atoms with Gasteiger partial charge in [-0.25, -0.2) is 0 Å². The topological polar surface area (TPSA) is 0 Å². The van der Waals surface area contributed by atoms with Crippen LogP contribution in [0.1, 0.15) is 57.8 Å². The summed E-state index contributed by atoms with van der Waals surface area (Å²) in [4.78, 5) is 0. The summed E-state index contributed by atoms with van der Waals surface area (Å²) in [6, 6.07) is 0. The van der Waals surface area contributed by atoms with E-state index in [4.69, 9.17) is 11.6 Å². The lowest BCUT2D eigenvalue weighted by Crippen LogP contribution is -2.38. The van der Waals surface area contributed by atoms with E-state index in [0.29, 0.717) is 0 Å². The van der Waals surface area contributed by atoms with Gasteiger partial charge in [0.05, 0.1) is 0 Å². The summed E-state index contributed by atoms with van der Waals surface area (Å²) in [5.74, 6) is 3.11. The molecule has 0 nitrogen and oxygen atoms in total. The number of fused-ring (bicyclic) bond motifs is 2. The van der Waals surface area contributed by atoms with Gasteiger partial charge in [0.1, 0.15) is 6.71 Å². The van der Waals surface area contributed by atoms with Crippen LogP contribution in [-0.4, -0.2) is 6.71 Å². The van der Waals surface area contributed by atoms with Crippen LogP contribution in [0.4, 0.5) is 0 Å². The molecule has 0 spiro atoms. The lowest BCUT2D eigenvalue weighted by atomic mass is 9.21. The van der Waals surface area contributed by atoms with Gasteiger partial charge in [-0.05, 0) is 12.8 Å². The summed E-state index contributed by atoms with van der Waals surface area (Å²) in [7, 11) is 0. The third-order valence-electron chi connectivity index (χ3n) is 5.33. The van der Waals surface area contributed by atoms with Gasteiger partial charge in [-0.2, -0.15) is 0 Å². The standard InChI is InChI=1S/C14H22BCl/c16-14-9-7-13(8-10-14)15-11-3-1-4-12(15)6-2-5-11/h9,11-13H,1-8,10H2. The van der Waals surface area contributed by atoms with Crippen molar-refractivity contribution in [1.82, 2.24) is 0 Å². The quantitative estimate of drug-likeness (QED) is 0.544. The van der Waals surface area contributed by atoms with Crippen LogP contribution in [-0.2, 0) is 0 Å². The second kappa shape index (κ2) is 4.76. The molecule has 0 aromatic carbocycles. The van der Waals surface area contributed by atoms with E-state index in [1.54, 1.807) is 0 Å². The maximum atomic E-state index is 6.10. The van der Waals surface area contributed by atoms with Crippen molar-refractivity contribution in [2.24, 2.45) is 0 Å². The molecule has 2 heteroatoms. The Bertz CT molecular complexity index is 264. The summed E-state index contributed by atoms with van der Waals surface area (Å²) in [6.07, 6.45) is 15.2. The molecule has 2 heterocycles. The van der Waals surface area contributed by atoms with Crippen LogP contribution in [0, 0.1) is 0 Å². The zero-order chi connectivity index (χ0) is 11.0. The molecular formula is C14H22BCl. The zero-order valence-corrected chi connectivity index (χ0v) is 10.9. The molecular weight excluding hydrogens is 214 g/mol. The lowest BCUT2D eigenvalue weighted by molar-refractivity contribution is 0.429. The summed E-state index contributed by atoms with van der Waals surface area (Å²) < 4.78 is 0. The van der Waals surface area contributed by atoms with Crippen molar-refractivity contribution in [2.75, 3.05) is 0 Å². The highest BCUT2D eigenvalue weighted by Gasteiger charge is 2.43. The average Bonchev–Trinajstić information content (AvgIpc) is 2.29. The Hall–Kier alpha value is 0.0949. The van der Waals surface area contributed by atoms with Gasteiger partial charge in [0, 0.05) is 5.03 Å². The SMILES string of the molecule is ClC1=CCC(B2C3CCCC2CCC3)CC1. The van der Waals surface area contributed by atoms with Crippen molar-refractivity contribution in [3.63, 3.8) is 0 Å². The van der Waals surface area contributed by atoms with Gasteiger partial charge in [-0.15, -0.1) is 0 Å². The minimum Gasteiger partial charge on any atom is -0.0895 e. The van der Waals surface area contributed by atoms with E-state index in [1.165, 1.54) is 51.4 Å². The molecule has 1 unspecified atom stereocenters. The molecule has 88 valence electrons. The third-order valence-corrected chi connectivity index (χ3v) is 5.67. The fourth-order valence-electron chi connectivity index (χ4n) is 4.67. The second-order valence-corrected chi connectivity index (χ2v) is 6.63. The van der Waals surface area contributed by atoms with Crippen LogP contribution >= 0.6 is 11.6 Å². The first-order chi connectivity index (χ1) is 7.84. The zero-order valence-electron chi connectivity index (χ0n) is 10.1. The van der Waals surface area contributed by atoms with Crippen LogP contribution in [0.15, 0.2) is 11.1 Å². The molecule has 2 saturated heterocycles. The first-order valence-corrected chi connectivity index (χ1v) is 7.57. The van der Waals surface area contributed by atoms with Crippen LogP contribution in [0.3, 0.4) is 0 Å². The van der Waals surface area contributed by atoms with Crippen molar-refractivity contribution in [1.29, 1.82) is 0 Å². The van der Waals surface area contributed by atoms with E-state index in [1.807, 2.05) is 0 Å². The molecule has 0 amide bonds. The molecule has 0 aromatic rings. The highest BCUT2D eigenvalue weighted by molar-refractivity contribution is 6.64. The number of halogens is 1. The maximum absolute atomic E-state index is 6.10. The minimum atomic E-state index is 0.970. The molecule has 2 aliphatic heterocycles. The molecule has 2 fully saturated rings. The van der Waals surface area contributed by atoms with Crippen LogP contribution in [0.25, 0.3) is 0 Å². The fourth-order valence-corrected chi connectivity index (χ4v) is 4.87. The second-order valence-electron chi connectivity index (χ2n) is 6.14. The molecule has 1 atom stereocenters. The number of rotatable bonds is 1. The van der Waals surface area contributed by atoms with Crippen molar-refractivity contribution in [3.8, 4) is 0 Å². The van der Waals surface area contributed by atoms with E-state index in [9.17, 15) is 0 Å². The lowest BCUT2D eigenvalue weighted by Gasteiger charge is -2.45. The van der Waals surface area contributed by atoms with Gasteiger partial charge in [0.25, 0.3) is 0 Å². The smallest absolute Gasteiger partial charge is 0.0895 e. The van der Waals surface area contributed by atoms with E-state index < -0.39 is 0 Å². The van der Waals surface area contributed by atoms with E-state index >= 15 is 0 Å². The Labute approximate surface area is 105 Å². The Kier molecular flexibility index (Phi) is 3.33. The average molecular weight is 237 g/mol. The Balaban J connectivity index is 1.73. The molecule has 3 rings (SSSR count). The molecule has 3 aliphatic rings. The number of hydrogen-bond donors (Lipinski definition) is 0. The van der Waals surface area contributed by atoms with Gasteiger partial charge >= 0.3 is 0 Å². The van der Waals surface area contributed by atoms with Crippen molar-refractivity contribution in [2.45, 2.75) is 75.2 Å². The predicted molar refractivity (Wildman–Crippen MR) is 72.5 cm³/mol.